The van der Waals surface area contributed by atoms with Gasteiger partial charge in [-0.2, -0.15) is 5.10 Å². The summed E-state index contributed by atoms with van der Waals surface area (Å²) in [5.41, 5.74) is 2.14. The molecule has 1 unspecified atom stereocenters. The lowest BCUT2D eigenvalue weighted by Crippen LogP contribution is -2.28. The average Bonchev–Trinajstić information content (AvgIpc) is 3.05. The Hall–Kier alpha value is -3.04. The monoisotopic (exact) mass is 446 g/mol. The minimum atomic E-state index is -0.603. The van der Waals surface area contributed by atoms with Gasteiger partial charge in [0.25, 0.3) is 0 Å². The van der Waals surface area contributed by atoms with Crippen molar-refractivity contribution in [2.75, 3.05) is 12.4 Å². The van der Waals surface area contributed by atoms with Gasteiger partial charge in [0.2, 0.25) is 11.8 Å². The zero-order valence-electron chi connectivity index (χ0n) is 16.2. The van der Waals surface area contributed by atoms with Crippen molar-refractivity contribution < 1.29 is 19.4 Å². The Kier molecular flexibility index (Phi) is 6.96. The topological polar surface area (TPSA) is 112 Å². The molecule has 0 saturated carbocycles. The first-order valence-corrected chi connectivity index (χ1v) is 10.1. The third kappa shape index (κ3) is 5.52. The van der Waals surface area contributed by atoms with Crippen molar-refractivity contribution in [3.05, 3.63) is 52.5 Å². The molecule has 1 saturated heterocycles. The van der Waals surface area contributed by atoms with Crippen LogP contribution in [0.1, 0.15) is 17.5 Å². The molecule has 1 atom stereocenters. The van der Waals surface area contributed by atoms with Crippen molar-refractivity contribution in [2.45, 2.75) is 18.6 Å². The van der Waals surface area contributed by atoms with Crippen LogP contribution in [-0.2, 0) is 9.59 Å². The van der Waals surface area contributed by atoms with Crippen molar-refractivity contribution in [3.8, 4) is 11.5 Å². The second kappa shape index (κ2) is 9.64. The van der Waals surface area contributed by atoms with Crippen molar-refractivity contribution in [1.82, 2.24) is 5.32 Å². The normalized spacial score (nSPS) is 17.4. The van der Waals surface area contributed by atoms with E-state index < -0.39 is 5.25 Å². The van der Waals surface area contributed by atoms with Gasteiger partial charge in [-0.25, -0.2) is 0 Å². The molecule has 2 aromatic rings. The van der Waals surface area contributed by atoms with Crippen LogP contribution in [0.4, 0.5) is 5.69 Å². The van der Waals surface area contributed by atoms with Gasteiger partial charge in [0, 0.05) is 17.1 Å². The second-order valence-corrected chi connectivity index (χ2v) is 7.99. The Morgan fingerprint density at radius 1 is 1.37 bits per heavy atom. The summed E-state index contributed by atoms with van der Waals surface area (Å²) in [6.45, 7) is 1.87. The van der Waals surface area contributed by atoms with E-state index in [0.29, 0.717) is 27.2 Å². The maximum Gasteiger partial charge on any atom is 0.240 e. The Labute approximate surface area is 182 Å². The van der Waals surface area contributed by atoms with Gasteiger partial charge >= 0.3 is 0 Å². The van der Waals surface area contributed by atoms with Crippen LogP contribution >= 0.6 is 23.4 Å². The number of thioether (sulfide) groups is 1. The molecule has 10 heteroatoms. The van der Waals surface area contributed by atoms with Gasteiger partial charge in [-0.3, -0.25) is 9.59 Å². The molecule has 8 nitrogen and oxygen atoms in total. The Balaban J connectivity index is 1.57. The Morgan fingerprint density at radius 3 is 2.90 bits per heavy atom. The Morgan fingerprint density at radius 2 is 2.17 bits per heavy atom. The summed E-state index contributed by atoms with van der Waals surface area (Å²) in [7, 11) is 1.45. The molecule has 1 heterocycles. The van der Waals surface area contributed by atoms with Crippen LogP contribution in [0.15, 0.2) is 46.6 Å². The molecule has 0 spiro atoms. The quantitative estimate of drug-likeness (QED) is 0.465. The number of phenolic OH excluding ortho intramolecular Hbond substituents is 1. The minimum Gasteiger partial charge on any atom is -0.504 e. The lowest BCUT2D eigenvalue weighted by molar-refractivity contribution is -0.122. The zero-order chi connectivity index (χ0) is 21.7. The summed E-state index contributed by atoms with van der Waals surface area (Å²) >= 11 is 7.19. The summed E-state index contributed by atoms with van der Waals surface area (Å²) in [4.78, 5) is 24.4. The van der Waals surface area contributed by atoms with Gasteiger partial charge in [0.1, 0.15) is 5.25 Å². The van der Waals surface area contributed by atoms with Gasteiger partial charge in [0.15, 0.2) is 16.7 Å². The van der Waals surface area contributed by atoms with Crippen molar-refractivity contribution in [1.29, 1.82) is 0 Å². The van der Waals surface area contributed by atoms with E-state index in [1.54, 1.807) is 30.3 Å². The molecule has 156 valence electrons. The molecule has 2 amide bonds. The number of aromatic hydroxyl groups is 1. The molecule has 0 aliphatic carbocycles. The number of phenols is 1. The molecule has 1 fully saturated rings. The first-order chi connectivity index (χ1) is 14.4. The lowest BCUT2D eigenvalue weighted by atomic mass is 10.2. The predicted octanol–water partition coefficient (Wildman–Crippen LogP) is 3.31. The van der Waals surface area contributed by atoms with Crippen molar-refractivity contribution in [2.24, 2.45) is 10.2 Å². The maximum absolute atomic E-state index is 12.3. The van der Waals surface area contributed by atoms with Gasteiger partial charge in [-0.1, -0.05) is 29.4 Å². The number of nitrogens with zero attached hydrogens (tertiary/aromatic N) is 2. The number of nitrogens with one attached hydrogen (secondary N) is 2. The number of ether oxygens (including phenoxy) is 1. The van der Waals surface area contributed by atoms with E-state index in [-0.39, 0.29) is 24.0 Å². The highest BCUT2D eigenvalue weighted by atomic mass is 35.5. The SMILES string of the molecule is COc1cc(/C=N\N=C2/NC(=O)C(CC(=O)Nc3ccc(C)c(Cl)c3)S2)ccc1O. The number of aryl methyl sites for hydroxylation is 1. The number of hydrogen-bond acceptors (Lipinski definition) is 7. The van der Waals surface area contributed by atoms with E-state index in [0.717, 1.165) is 17.3 Å². The highest BCUT2D eigenvalue weighted by molar-refractivity contribution is 8.15. The number of amides is 2. The van der Waals surface area contributed by atoms with Crippen LogP contribution in [0.5, 0.6) is 11.5 Å². The van der Waals surface area contributed by atoms with Crippen LogP contribution < -0.4 is 15.4 Å². The molecule has 3 rings (SSSR count). The number of amidine groups is 1. The zero-order valence-corrected chi connectivity index (χ0v) is 17.8. The smallest absolute Gasteiger partial charge is 0.240 e. The van der Waals surface area contributed by atoms with Crippen molar-refractivity contribution in [3.63, 3.8) is 0 Å². The fourth-order valence-corrected chi connectivity index (χ4v) is 3.66. The van der Waals surface area contributed by atoms with E-state index in [1.807, 2.05) is 6.92 Å². The fourth-order valence-electron chi connectivity index (χ4n) is 2.56. The van der Waals surface area contributed by atoms with E-state index in [9.17, 15) is 14.7 Å². The predicted molar refractivity (Wildman–Crippen MR) is 119 cm³/mol. The minimum absolute atomic E-state index is 0.0140. The number of rotatable bonds is 6. The highest BCUT2D eigenvalue weighted by Gasteiger charge is 2.32. The third-order valence-corrected chi connectivity index (χ3v) is 5.64. The lowest BCUT2D eigenvalue weighted by Gasteiger charge is -2.08. The molecule has 2 aromatic carbocycles. The molecule has 30 heavy (non-hydrogen) atoms. The standard InChI is InChI=1S/C20H19ClN4O4S/c1-11-3-5-13(8-14(11)21)23-18(27)9-17-19(28)24-20(30-17)25-22-10-12-4-6-15(26)16(7-12)29-2/h3-8,10,17,26H,9H2,1-2H3,(H,23,27)(H,24,25,28)/b22-10-. The molecule has 1 aliphatic heterocycles. The first-order valence-electron chi connectivity index (χ1n) is 8.87. The van der Waals surface area contributed by atoms with Crippen LogP contribution in [-0.4, -0.2) is 40.7 Å². The third-order valence-electron chi connectivity index (χ3n) is 4.16. The number of carbonyl (C=O) groups is 2. The number of methoxy groups -OCH3 is 1. The number of benzene rings is 2. The summed E-state index contributed by atoms with van der Waals surface area (Å²) in [5, 5.41) is 23.1. The fraction of sp³-hybridized carbons (Fsp3) is 0.200. The number of anilines is 1. The number of carbonyl (C=O) groups excluding carboxylic acids is 2. The molecule has 1 aliphatic rings. The molecule has 3 N–H and O–H groups in total. The highest BCUT2D eigenvalue weighted by Crippen LogP contribution is 2.26. The van der Waals surface area contributed by atoms with Gasteiger partial charge in [0.05, 0.1) is 13.3 Å². The maximum atomic E-state index is 12.3. The van der Waals surface area contributed by atoms with E-state index in [2.05, 4.69) is 20.8 Å². The number of hydrogen-bond donors (Lipinski definition) is 3. The van der Waals surface area contributed by atoms with E-state index in [4.69, 9.17) is 16.3 Å². The van der Waals surface area contributed by atoms with Crippen molar-refractivity contribution >= 4 is 52.2 Å². The van der Waals surface area contributed by atoms with Gasteiger partial charge < -0.3 is 20.5 Å². The molecule has 0 bridgehead atoms. The van der Waals surface area contributed by atoms with E-state index in [1.165, 1.54) is 19.4 Å². The van der Waals surface area contributed by atoms with E-state index >= 15 is 0 Å². The van der Waals surface area contributed by atoms with Crippen LogP contribution in [0, 0.1) is 6.92 Å². The summed E-state index contributed by atoms with van der Waals surface area (Å²) in [6, 6.07) is 9.95. The summed E-state index contributed by atoms with van der Waals surface area (Å²) < 4.78 is 5.03. The average molecular weight is 447 g/mol. The largest absolute Gasteiger partial charge is 0.504 e. The molecular weight excluding hydrogens is 428 g/mol. The van der Waals surface area contributed by atoms with Gasteiger partial charge in [-0.05, 0) is 48.4 Å². The Bertz CT molecular complexity index is 1040. The van der Waals surface area contributed by atoms with Crippen LogP contribution in [0.2, 0.25) is 5.02 Å². The molecular formula is C20H19ClN4O4S. The molecule has 0 aromatic heterocycles. The summed E-state index contributed by atoms with van der Waals surface area (Å²) in [5.74, 6) is -0.273. The second-order valence-electron chi connectivity index (χ2n) is 6.39. The van der Waals surface area contributed by atoms with Crippen LogP contribution in [0.25, 0.3) is 0 Å². The van der Waals surface area contributed by atoms with Crippen LogP contribution in [0.3, 0.4) is 0 Å². The van der Waals surface area contributed by atoms with Gasteiger partial charge in [-0.15, -0.1) is 5.10 Å². The molecule has 0 radical (unpaired) electrons. The summed E-state index contributed by atoms with van der Waals surface area (Å²) in [6.07, 6.45) is 1.45. The first kappa shape index (κ1) is 21.7. The number of halogens is 1.